The third-order valence-electron chi connectivity index (χ3n) is 4.81. The number of nitrogens with zero attached hydrogens (tertiary/aromatic N) is 1. The fraction of sp³-hybridized carbons (Fsp3) is 0.318. The Bertz CT molecular complexity index is 866. The minimum atomic E-state index is -0.602. The van der Waals surface area contributed by atoms with Gasteiger partial charge >= 0.3 is 5.97 Å². The normalized spacial score (nSPS) is 14.3. The van der Waals surface area contributed by atoms with Crippen LogP contribution in [0.25, 0.3) is 0 Å². The fourth-order valence-corrected chi connectivity index (χ4v) is 3.47. The zero-order valence-corrected chi connectivity index (χ0v) is 16.7. The highest BCUT2D eigenvalue weighted by Crippen LogP contribution is 2.21. The number of amides is 2. The predicted molar refractivity (Wildman–Crippen MR) is 109 cm³/mol. The summed E-state index contributed by atoms with van der Waals surface area (Å²) in [4.78, 5) is 38.8. The molecule has 0 spiro atoms. The standard InChI is InChI=1S/C22H23ClN2O4/c23-18-11-5-4-10-17(18)22(28)24-19(16-8-2-1-3-9-16)14-21(27)29-15-20(26)25-12-6-7-13-25/h1-5,8-11,19H,6-7,12-15H2,(H,24,28)/t19-/m1/s1. The number of carbonyl (C=O) groups is 3. The van der Waals surface area contributed by atoms with Crippen molar-refractivity contribution in [2.45, 2.75) is 25.3 Å². The van der Waals surface area contributed by atoms with Crippen LogP contribution in [0.2, 0.25) is 5.02 Å². The average Bonchev–Trinajstić information content (AvgIpc) is 3.27. The van der Waals surface area contributed by atoms with E-state index in [1.165, 1.54) is 0 Å². The van der Waals surface area contributed by atoms with E-state index in [1.807, 2.05) is 30.3 Å². The monoisotopic (exact) mass is 414 g/mol. The third-order valence-corrected chi connectivity index (χ3v) is 5.14. The van der Waals surface area contributed by atoms with Crippen molar-refractivity contribution in [3.05, 3.63) is 70.7 Å². The van der Waals surface area contributed by atoms with Crippen LogP contribution in [0.3, 0.4) is 0 Å². The van der Waals surface area contributed by atoms with E-state index < -0.39 is 12.0 Å². The molecule has 0 bridgehead atoms. The van der Waals surface area contributed by atoms with Crippen LogP contribution >= 0.6 is 11.6 Å². The summed E-state index contributed by atoms with van der Waals surface area (Å²) in [7, 11) is 0. The number of benzene rings is 2. The fourth-order valence-electron chi connectivity index (χ4n) is 3.24. The summed E-state index contributed by atoms with van der Waals surface area (Å²) in [6, 6.07) is 15.2. The number of esters is 1. The molecule has 1 N–H and O–H groups in total. The molecule has 29 heavy (non-hydrogen) atoms. The van der Waals surface area contributed by atoms with Gasteiger partial charge in [-0.2, -0.15) is 0 Å². The van der Waals surface area contributed by atoms with Crippen molar-refractivity contribution in [3.63, 3.8) is 0 Å². The summed E-state index contributed by atoms with van der Waals surface area (Å²) in [5.41, 5.74) is 1.09. The minimum Gasteiger partial charge on any atom is -0.455 e. The van der Waals surface area contributed by atoms with Crippen molar-refractivity contribution in [3.8, 4) is 0 Å². The van der Waals surface area contributed by atoms with Gasteiger partial charge in [-0.25, -0.2) is 0 Å². The van der Waals surface area contributed by atoms with Crippen LogP contribution in [0, 0.1) is 0 Å². The zero-order chi connectivity index (χ0) is 20.6. The number of ether oxygens (including phenoxy) is 1. The van der Waals surface area contributed by atoms with E-state index >= 15 is 0 Å². The van der Waals surface area contributed by atoms with Gasteiger partial charge < -0.3 is 15.0 Å². The topological polar surface area (TPSA) is 75.7 Å². The van der Waals surface area contributed by atoms with Crippen LogP contribution < -0.4 is 5.32 Å². The number of halogens is 1. The molecule has 2 aromatic rings. The molecule has 7 heteroatoms. The summed E-state index contributed by atoms with van der Waals surface area (Å²) in [6.45, 7) is 1.13. The summed E-state index contributed by atoms with van der Waals surface area (Å²) in [5.74, 6) is -1.12. The van der Waals surface area contributed by atoms with Crippen LogP contribution in [0.15, 0.2) is 54.6 Å². The highest BCUT2D eigenvalue weighted by molar-refractivity contribution is 6.33. The summed E-state index contributed by atoms with van der Waals surface area (Å²) in [5, 5.41) is 3.17. The lowest BCUT2D eigenvalue weighted by Crippen LogP contribution is -2.34. The maximum atomic E-state index is 12.7. The first-order valence-corrected chi connectivity index (χ1v) is 9.96. The lowest BCUT2D eigenvalue weighted by atomic mass is 10.0. The molecule has 1 saturated heterocycles. The Morgan fingerprint density at radius 3 is 2.34 bits per heavy atom. The smallest absolute Gasteiger partial charge is 0.308 e. The van der Waals surface area contributed by atoms with E-state index in [0.717, 1.165) is 18.4 Å². The molecule has 1 aliphatic heterocycles. The van der Waals surface area contributed by atoms with E-state index in [1.54, 1.807) is 29.2 Å². The van der Waals surface area contributed by atoms with E-state index in [9.17, 15) is 14.4 Å². The van der Waals surface area contributed by atoms with Gasteiger partial charge in [-0.15, -0.1) is 0 Å². The molecule has 1 atom stereocenters. The summed E-state index contributed by atoms with van der Waals surface area (Å²) < 4.78 is 5.17. The quantitative estimate of drug-likeness (QED) is 0.705. The molecule has 0 unspecified atom stereocenters. The first-order valence-electron chi connectivity index (χ1n) is 9.58. The van der Waals surface area contributed by atoms with Crippen LogP contribution in [0.5, 0.6) is 0 Å². The largest absolute Gasteiger partial charge is 0.455 e. The molecule has 0 aromatic heterocycles. The van der Waals surface area contributed by atoms with E-state index in [4.69, 9.17) is 16.3 Å². The SMILES string of the molecule is O=C(C[C@@H](NC(=O)c1ccccc1Cl)c1ccccc1)OCC(=O)N1CCCC1. The lowest BCUT2D eigenvalue weighted by molar-refractivity contribution is -0.152. The van der Waals surface area contributed by atoms with Gasteiger partial charge in [0.1, 0.15) is 0 Å². The van der Waals surface area contributed by atoms with Crippen molar-refractivity contribution >= 4 is 29.4 Å². The van der Waals surface area contributed by atoms with Crippen molar-refractivity contribution < 1.29 is 19.1 Å². The van der Waals surface area contributed by atoms with Crippen molar-refractivity contribution in [1.29, 1.82) is 0 Å². The molecular formula is C22H23ClN2O4. The molecule has 2 amide bonds. The second-order valence-corrected chi connectivity index (χ2v) is 7.28. The number of hydrogen-bond donors (Lipinski definition) is 1. The van der Waals surface area contributed by atoms with Gasteiger partial charge in [-0.1, -0.05) is 54.1 Å². The van der Waals surface area contributed by atoms with E-state index in [-0.39, 0.29) is 24.8 Å². The Balaban J connectivity index is 1.64. The molecule has 0 radical (unpaired) electrons. The number of rotatable bonds is 7. The molecule has 1 aliphatic rings. The molecule has 152 valence electrons. The molecule has 1 heterocycles. The van der Waals surface area contributed by atoms with Gasteiger partial charge in [-0.05, 0) is 30.5 Å². The Hall–Kier alpha value is -2.86. The Kier molecular flexibility index (Phi) is 7.25. The minimum absolute atomic E-state index is 0.0898. The van der Waals surface area contributed by atoms with Gasteiger partial charge in [0.2, 0.25) is 0 Å². The highest BCUT2D eigenvalue weighted by atomic mass is 35.5. The number of nitrogens with one attached hydrogen (secondary N) is 1. The maximum Gasteiger partial charge on any atom is 0.308 e. The number of hydrogen-bond acceptors (Lipinski definition) is 4. The average molecular weight is 415 g/mol. The molecule has 6 nitrogen and oxygen atoms in total. The Labute approximate surface area is 174 Å². The Morgan fingerprint density at radius 2 is 1.66 bits per heavy atom. The molecular weight excluding hydrogens is 392 g/mol. The third kappa shape index (κ3) is 5.81. The number of likely N-dealkylation sites (tertiary alicyclic amines) is 1. The molecule has 2 aromatic carbocycles. The molecule has 3 rings (SSSR count). The van der Waals surface area contributed by atoms with Crippen molar-refractivity contribution in [2.75, 3.05) is 19.7 Å². The van der Waals surface area contributed by atoms with Gasteiger partial charge in [0.05, 0.1) is 23.0 Å². The van der Waals surface area contributed by atoms with Crippen molar-refractivity contribution in [2.24, 2.45) is 0 Å². The van der Waals surface area contributed by atoms with Gasteiger partial charge in [0, 0.05) is 13.1 Å². The van der Waals surface area contributed by atoms with Crippen LogP contribution in [0.4, 0.5) is 0 Å². The summed E-state index contributed by atoms with van der Waals surface area (Å²) >= 11 is 6.11. The predicted octanol–water partition coefficient (Wildman–Crippen LogP) is 3.37. The van der Waals surface area contributed by atoms with Crippen LogP contribution in [-0.2, 0) is 14.3 Å². The number of carbonyl (C=O) groups excluding carboxylic acids is 3. The van der Waals surface area contributed by atoms with E-state index in [2.05, 4.69) is 5.32 Å². The van der Waals surface area contributed by atoms with Crippen molar-refractivity contribution in [1.82, 2.24) is 10.2 Å². The summed E-state index contributed by atoms with van der Waals surface area (Å²) in [6.07, 6.45) is 1.86. The molecule has 1 fully saturated rings. The first-order chi connectivity index (χ1) is 14.0. The lowest BCUT2D eigenvalue weighted by Gasteiger charge is -2.20. The van der Waals surface area contributed by atoms with Crippen LogP contribution in [0.1, 0.15) is 41.2 Å². The molecule has 0 aliphatic carbocycles. The van der Waals surface area contributed by atoms with E-state index in [0.29, 0.717) is 23.7 Å². The molecule has 0 saturated carbocycles. The van der Waals surface area contributed by atoms with Gasteiger partial charge in [0.25, 0.3) is 11.8 Å². The second-order valence-electron chi connectivity index (χ2n) is 6.87. The second kappa shape index (κ2) is 10.1. The van der Waals surface area contributed by atoms with Crippen LogP contribution in [-0.4, -0.2) is 42.4 Å². The first kappa shape index (κ1) is 20.9. The zero-order valence-electron chi connectivity index (χ0n) is 16.0. The van der Waals surface area contributed by atoms with Gasteiger partial charge in [0.15, 0.2) is 6.61 Å². The Morgan fingerprint density at radius 1 is 1.00 bits per heavy atom. The maximum absolute atomic E-state index is 12.7. The highest BCUT2D eigenvalue weighted by Gasteiger charge is 2.23. The van der Waals surface area contributed by atoms with Gasteiger partial charge in [-0.3, -0.25) is 14.4 Å².